The average Bonchev–Trinajstić information content (AvgIpc) is 3.53. The molecule has 0 aliphatic carbocycles. The largest absolute Gasteiger partial charge is 0.489 e. The highest BCUT2D eigenvalue weighted by Gasteiger charge is 2.39. The van der Waals surface area contributed by atoms with Gasteiger partial charge >= 0.3 is 0 Å². The molecule has 5 aromatic rings. The molecule has 0 spiro atoms. The first kappa shape index (κ1) is 32.5. The fourth-order valence-corrected chi connectivity index (χ4v) is 7.36. The lowest BCUT2D eigenvalue weighted by atomic mass is 9.89. The lowest BCUT2D eigenvalue weighted by Crippen LogP contribution is -2.41. The molecule has 6 rings (SSSR count). The van der Waals surface area contributed by atoms with Crippen molar-refractivity contribution in [2.75, 3.05) is 31.2 Å². The zero-order valence-electron chi connectivity index (χ0n) is 25.4. The van der Waals surface area contributed by atoms with E-state index < -0.39 is 21.3 Å². The Hall–Kier alpha value is -4.39. The molecular weight excluding hydrogens is 690 g/mol. The number of likely N-dealkylation sites (N-methyl/N-ethyl adjacent to an activating group) is 1. The molecule has 1 aliphatic rings. The SMILES string of the molecule is CN(CCS(=O)(=O)c1ccccc1)CC1(c2cc3c(Nc4ccc(OCc5cccc(F)c5)c(Br)c4)ncnc3cc2F)CC=CO1. The van der Waals surface area contributed by atoms with Crippen molar-refractivity contribution in [1.29, 1.82) is 0 Å². The Labute approximate surface area is 280 Å². The Morgan fingerprint density at radius 2 is 1.85 bits per heavy atom. The summed E-state index contributed by atoms with van der Waals surface area (Å²) in [6.07, 6.45) is 5.13. The first-order valence-corrected chi connectivity index (χ1v) is 17.2. The molecule has 1 unspecified atom stereocenters. The molecule has 47 heavy (non-hydrogen) atoms. The number of nitrogens with one attached hydrogen (secondary N) is 1. The Morgan fingerprint density at radius 1 is 1.02 bits per heavy atom. The summed E-state index contributed by atoms with van der Waals surface area (Å²) in [5.41, 5.74) is 1.03. The number of hydrogen-bond donors (Lipinski definition) is 1. The van der Waals surface area contributed by atoms with Crippen LogP contribution in [-0.4, -0.2) is 49.2 Å². The maximum absolute atomic E-state index is 15.8. The number of nitrogens with zero attached hydrogens (tertiary/aromatic N) is 3. The van der Waals surface area contributed by atoms with Gasteiger partial charge in [-0.1, -0.05) is 30.3 Å². The molecular formula is C35H31BrF2N4O4S. The van der Waals surface area contributed by atoms with Crippen LogP contribution in [0.2, 0.25) is 0 Å². The molecule has 8 nitrogen and oxygen atoms in total. The molecule has 1 N–H and O–H groups in total. The molecule has 0 radical (unpaired) electrons. The van der Waals surface area contributed by atoms with Gasteiger partial charge in [0.15, 0.2) is 15.4 Å². The van der Waals surface area contributed by atoms with Crippen molar-refractivity contribution in [2.24, 2.45) is 0 Å². The van der Waals surface area contributed by atoms with Gasteiger partial charge in [-0.05, 0) is 83.1 Å². The van der Waals surface area contributed by atoms with Gasteiger partial charge in [-0.25, -0.2) is 27.2 Å². The summed E-state index contributed by atoms with van der Waals surface area (Å²) in [7, 11) is -1.70. The van der Waals surface area contributed by atoms with E-state index in [-0.39, 0.29) is 36.2 Å². The van der Waals surface area contributed by atoms with Crippen LogP contribution in [0.3, 0.4) is 0 Å². The Kier molecular flexibility index (Phi) is 9.53. The summed E-state index contributed by atoms with van der Waals surface area (Å²) in [4.78, 5) is 10.8. The fraction of sp³-hybridized carbons (Fsp3) is 0.200. The smallest absolute Gasteiger partial charge is 0.179 e. The highest BCUT2D eigenvalue weighted by atomic mass is 79.9. The van der Waals surface area contributed by atoms with Crippen molar-refractivity contribution in [2.45, 2.75) is 23.5 Å². The third kappa shape index (κ3) is 7.45. The normalized spacial score (nSPS) is 16.0. The number of halogens is 3. The number of hydrogen-bond acceptors (Lipinski definition) is 8. The lowest BCUT2D eigenvalue weighted by Gasteiger charge is -2.34. The highest BCUT2D eigenvalue weighted by molar-refractivity contribution is 9.10. The van der Waals surface area contributed by atoms with Gasteiger partial charge in [0, 0.05) is 42.2 Å². The van der Waals surface area contributed by atoms with Crippen LogP contribution in [0.5, 0.6) is 5.75 Å². The van der Waals surface area contributed by atoms with E-state index in [4.69, 9.17) is 9.47 Å². The number of benzene rings is 4. The molecule has 0 bridgehead atoms. The van der Waals surface area contributed by atoms with E-state index in [1.807, 2.05) is 23.1 Å². The van der Waals surface area contributed by atoms with Crippen molar-refractivity contribution in [3.63, 3.8) is 0 Å². The van der Waals surface area contributed by atoms with Gasteiger partial charge < -0.3 is 19.7 Å². The van der Waals surface area contributed by atoms with E-state index in [0.29, 0.717) is 50.2 Å². The van der Waals surface area contributed by atoms with Gasteiger partial charge in [0.1, 0.15) is 36.1 Å². The summed E-state index contributed by atoms with van der Waals surface area (Å²) in [6, 6.07) is 23.0. The topological polar surface area (TPSA) is 93.7 Å². The maximum Gasteiger partial charge on any atom is 0.179 e. The minimum atomic E-state index is -3.49. The minimum Gasteiger partial charge on any atom is -0.489 e. The van der Waals surface area contributed by atoms with E-state index in [1.54, 1.807) is 67.9 Å². The monoisotopic (exact) mass is 720 g/mol. The minimum absolute atomic E-state index is 0.0939. The average molecular weight is 722 g/mol. The lowest BCUT2D eigenvalue weighted by molar-refractivity contribution is 0.00936. The van der Waals surface area contributed by atoms with Crippen LogP contribution >= 0.6 is 15.9 Å². The summed E-state index contributed by atoms with van der Waals surface area (Å²) < 4.78 is 67.7. The molecule has 242 valence electrons. The van der Waals surface area contributed by atoms with Crippen LogP contribution in [0.15, 0.2) is 113 Å². The first-order valence-electron chi connectivity index (χ1n) is 14.8. The Balaban J connectivity index is 1.22. The third-order valence-electron chi connectivity index (χ3n) is 7.90. The second kappa shape index (κ2) is 13.8. The maximum atomic E-state index is 15.8. The van der Waals surface area contributed by atoms with E-state index in [2.05, 4.69) is 31.2 Å². The second-order valence-electron chi connectivity index (χ2n) is 11.3. The van der Waals surface area contributed by atoms with Crippen LogP contribution in [-0.2, 0) is 26.8 Å². The van der Waals surface area contributed by atoms with Crippen molar-refractivity contribution in [1.82, 2.24) is 14.9 Å². The molecule has 0 saturated heterocycles. The summed E-state index contributed by atoms with van der Waals surface area (Å²) in [5.74, 6) is 0.125. The summed E-state index contributed by atoms with van der Waals surface area (Å²) in [6.45, 7) is 0.669. The second-order valence-corrected chi connectivity index (χ2v) is 14.3. The number of fused-ring (bicyclic) bond motifs is 1. The van der Waals surface area contributed by atoms with Gasteiger partial charge in [0.2, 0.25) is 0 Å². The van der Waals surface area contributed by atoms with Crippen LogP contribution in [0.4, 0.5) is 20.3 Å². The molecule has 0 fully saturated rings. The Bertz CT molecular complexity index is 2040. The standard InChI is InChI=1S/C35H31BrF2N4O4S/c1-42(14-16-47(43,44)27-9-3-2-4-10-27)22-35(13-6-15-46-35)29-19-28-32(20-31(29)38)39-23-40-34(28)41-26-11-12-33(30(36)18-26)45-21-24-7-5-8-25(37)17-24/h2-12,15,17-20,23H,13-14,16,21-22H2,1H3,(H,39,40,41). The van der Waals surface area contributed by atoms with Gasteiger partial charge in [-0.3, -0.25) is 0 Å². The molecule has 1 aliphatic heterocycles. The number of ether oxygens (including phenoxy) is 2. The van der Waals surface area contributed by atoms with Crippen LogP contribution in [0, 0.1) is 11.6 Å². The highest BCUT2D eigenvalue weighted by Crippen LogP contribution is 2.40. The molecule has 1 aromatic heterocycles. The van der Waals surface area contributed by atoms with Gasteiger partial charge in [-0.15, -0.1) is 0 Å². The van der Waals surface area contributed by atoms with E-state index in [1.165, 1.54) is 24.5 Å². The molecule has 0 saturated carbocycles. The summed E-state index contributed by atoms with van der Waals surface area (Å²) in [5, 5.41) is 3.88. The molecule has 4 aromatic carbocycles. The number of aromatic nitrogens is 2. The third-order valence-corrected chi connectivity index (χ3v) is 10.2. The quantitative estimate of drug-likeness (QED) is 0.141. The summed E-state index contributed by atoms with van der Waals surface area (Å²) >= 11 is 3.54. The fourth-order valence-electron chi connectivity index (χ4n) is 5.51. The zero-order chi connectivity index (χ0) is 33.0. The number of sulfone groups is 1. The van der Waals surface area contributed by atoms with Crippen molar-refractivity contribution in [3.05, 3.63) is 131 Å². The van der Waals surface area contributed by atoms with Crippen molar-refractivity contribution >= 4 is 48.2 Å². The van der Waals surface area contributed by atoms with Crippen molar-refractivity contribution < 1.29 is 26.7 Å². The number of rotatable bonds is 12. The van der Waals surface area contributed by atoms with Crippen LogP contribution < -0.4 is 10.1 Å². The van der Waals surface area contributed by atoms with E-state index >= 15 is 4.39 Å². The van der Waals surface area contributed by atoms with Crippen LogP contribution in [0.25, 0.3) is 10.9 Å². The molecule has 12 heteroatoms. The van der Waals surface area contributed by atoms with Crippen LogP contribution in [0.1, 0.15) is 17.5 Å². The zero-order valence-corrected chi connectivity index (χ0v) is 27.8. The van der Waals surface area contributed by atoms with Gasteiger partial charge in [0.05, 0.1) is 26.9 Å². The van der Waals surface area contributed by atoms with E-state index in [9.17, 15) is 12.8 Å². The van der Waals surface area contributed by atoms with Gasteiger partial charge in [-0.2, -0.15) is 0 Å². The van der Waals surface area contributed by atoms with Gasteiger partial charge in [0.25, 0.3) is 0 Å². The Morgan fingerprint density at radius 3 is 2.60 bits per heavy atom. The number of anilines is 2. The molecule has 2 heterocycles. The molecule has 0 amide bonds. The van der Waals surface area contributed by atoms with Crippen molar-refractivity contribution in [3.8, 4) is 5.75 Å². The first-order chi connectivity index (χ1) is 22.6. The predicted molar refractivity (Wildman–Crippen MR) is 180 cm³/mol. The van der Waals surface area contributed by atoms with E-state index in [0.717, 1.165) is 0 Å². The molecule has 1 atom stereocenters. The predicted octanol–water partition coefficient (Wildman–Crippen LogP) is 7.53.